The number of fused-ring (bicyclic) bond motifs is 1. The van der Waals surface area contributed by atoms with Crippen molar-refractivity contribution in [3.63, 3.8) is 0 Å². The topological polar surface area (TPSA) is 66.1 Å². The SMILES string of the molecule is Cc1ccc2n[nH]nc2c1.SC1=CNN(c2ccccc2)O1. The van der Waals surface area contributed by atoms with Crippen LogP contribution in [0.15, 0.2) is 59.8 Å². The Morgan fingerprint density at radius 3 is 2.55 bits per heavy atom. The van der Waals surface area contributed by atoms with Crippen LogP contribution in [0.4, 0.5) is 5.69 Å². The third-order valence-electron chi connectivity index (χ3n) is 2.95. The molecule has 1 aliphatic rings. The van der Waals surface area contributed by atoms with E-state index in [4.69, 9.17) is 4.84 Å². The van der Waals surface area contributed by atoms with Gasteiger partial charge in [0.15, 0.2) is 0 Å². The van der Waals surface area contributed by atoms with E-state index < -0.39 is 0 Å². The molecule has 0 aliphatic carbocycles. The van der Waals surface area contributed by atoms with E-state index >= 15 is 0 Å². The summed E-state index contributed by atoms with van der Waals surface area (Å²) in [5.41, 5.74) is 6.90. The molecule has 0 spiro atoms. The standard InChI is InChI=1S/C8H8N2OS.C7H7N3/c12-8-6-9-10(11-8)7-4-2-1-3-5-7;1-5-2-3-6-7(4-5)9-10-8-6/h1-6,9,12H;2-4H,1H3,(H,8,9,10). The zero-order chi connectivity index (χ0) is 15.4. The Bertz CT molecular complexity index is 787. The van der Waals surface area contributed by atoms with Gasteiger partial charge in [-0.1, -0.05) is 24.3 Å². The molecule has 2 aromatic carbocycles. The first-order valence-corrected chi connectivity index (χ1v) is 7.13. The first-order chi connectivity index (χ1) is 10.7. The van der Waals surface area contributed by atoms with Crippen molar-refractivity contribution >= 4 is 29.3 Å². The molecule has 2 N–H and O–H groups in total. The number of para-hydroxylation sites is 1. The molecule has 22 heavy (non-hydrogen) atoms. The molecule has 1 aliphatic heterocycles. The van der Waals surface area contributed by atoms with Gasteiger partial charge in [0.05, 0.1) is 11.9 Å². The highest BCUT2D eigenvalue weighted by atomic mass is 32.1. The Hall–Kier alpha value is -2.67. The number of hydrogen-bond acceptors (Lipinski definition) is 6. The van der Waals surface area contributed by atoms with Crippen LogP contribution in [0.2, 0.25) is 0 Å². The smallest absolute Gasteiger partial charge is 0.205 e. The van der Waals surface area contributed by atoms with E-state index in [1.54, 1.807) is 11.4 Å². The molecular weight excluding hydrogens is 298 g/mol. The molecule has 0 amide bonds. The monoisotopic (exact) mass is 313 g/mol. The van der Waals surface area contributed by atoms with Gasteiger partial charge in [-0.2, -0.15) is 15.4 Å². The maximum Gasteiger partial charge on any atom is 0.205 e. The summed E-state index contributed by atoms with van der Waals surface area (Å²) in [4.78, 5) is 5.19. The Labute approximate surface area is 133 Å². The third-order valence-corrected chi connectivity index (χ3v) is 3.16. The molecule has 0 fully saturated rings. The van der Waals surface area contributed by atoms with Crippen LogP contribution < -0.4 is 10.6 Å². The molecule has 0 saturated carbocycles. The van der Waals surface area contributed by atoms with E-state index in [0.717, 1.165) is 16.7 Å². The minimum absolute atomic E-state index is 0.554. The van der Waals surface area contributed by atoms with Gasteiger partial charge >= 0.3 is 0 Å². The van der Waals surface area contributed by atoms with Gasteiger partial charge in [-0.25, -0.2) is 0 Å². The van der Waals surface area contributed by atoms with E-state index in [-0.39, 0.29) is 0 Å². The zero-order valence-electron chi connectivity index (χ0n) is 11.9. The number of hydrogen-bond donors (Lipinski definition) is 3. The maximum absolute atomic E-state index is 5.19. The number of rotatable bonds is 1. The van der Waals surface area contributed by atoms with Gasteiger partial charge in [-0.3, -0.25) is 5.43 Å². The predicted molar refractivity (Wildman–Crippen MR) is 88.8 cm³/mol. The van der Waals surface area contributed by atoms with Crippen LogP contribution in [0.1, 0.15) is 5.56 Å². The largest absolute Gasteiger partial charge is 0.351 e. The van der Waals surface area contributed by atoms with Gasteiger partial charge in [-0.05, 0) is 36.8 Å². The number of thiol groups is 1. The van der Waals surface area contributed by atoms with Gasteiger partial charge in [0.2, 0.25) is 5.09 Å². The van der Waals surface area contributed by atoms with Crippen molar-refractivity contribution in [2.45, 2.75) is 6.92 Å². The number of H-pyrrole nitrogens is 1. The summed E-state index contributed by atoms with van der Waals surface area (Å²) >= 11 is 4.04. The zero-order valence-corrected chi connectivity index (χ0v) is 12.8. The number of anilines is 1. The molecular formula is C15H15N5OS. The average molecular weight is 313 g/mol. The molecule has 4 rings (SSSR count). The molecule has 0 bridgehead atoms. The quantitative estimate of drug-likeness (QED) is 0.603. The highest BCUT2D eigenvalue weighted by molar-refractivity contribution is 7.84. The van der Waals surface area contributed by atoms with Gasteiger partial charge in [0, 0.05) is 0 Å². The van der Waals surface area contributed by atoms with E-state index in [1.165, 1.54) is 5.56 Å². The molecule has 6 nitrogen and oxygen atoms in total. The van der Waals surface area contributed by atoms with Crippen LogP contribution in [0, 0.1) is 6.92 Å². The second-order valence-corrected chi connectivity index (χ2v) is 5.09. The van der Waals surface area contributed by atoms with Gasteiger partial charge in [-0.15, -0.1) is 17.8 Å². The van der Waals surface area contributed by atoms with E-state index in [0.29, 0.717) is 5.09 Å². The molecule has 0 radical (unpaired) electrons. The lowest BCUT2D eigenvalue weighted by Gasteiger charge is -2.16. The molecule has 112 valence electrons. The number of benzene rings is 2. The van der Waals surface area contributed by atoms with Crippen molar-refractivity contribution < 1.29 is 4.84 Å². The molecule has 7 heteroatoms. The Morgan fingerprint density at radius 2 is 1.82 bits per heavy atom. The van der Waals surface area contributed by atoms with Gasteiger partial charge < -0.3 is 4.84 Å². The number of hydrazine groups is 1. The van der Waals surface area contributed by atoms with Crippen LogP contribution in [0.3, 0.4) is 0 Å². The summed E-state index contributed by atoms with van der Waals surface area (Å²) in [6.07, 6.45) is 1.68. The van der Waals surface area contributed by atoms with Crippen molar-refractivity contribution in [3.05, 3.63) is 65.4 Å². The van der Waals surface area contributed by atoms with Gasteiger partial charge in [0.1, 0.15) is 11.0 Å². The minimum Gasteiger partial charge on any atom is -0.351 e. The number of aryl methyl sites for hydroxylation is 1. The summed E-state index contributed by atoms with van der Waals surface area (Å²) in [5, 5.41) is 12.5. The van der Waals surface area contributed by atoms with Crippen LogP contribution in [0.5, 0.6) is 0 Å². The molecule has 0 atom stereocenters. The summed E-state index contributed by atoms with van der Waals surface area (Å²) < 4.78 is 0. The molecule has 2 heterocycles. The van der Waals surface area contributed by atoms with E-state index in [1.807, 2.05) is 55.5 Å². The van der Waals surface area contributed by atoms with Crippen molar-refractivity contribution in [2.75, 3.05) is 5.17 Å². The Kier molecular flexibility index (Phi) is 4.15. The van der Waals surface area contributed by atoms with Crippen molar-refractivity contribution in [3.8, 4) is 0 Å². The first kappa shape index (κ1) is 14.3. The normalized spacial score (nSPS) is 13.0. The summed E-state index contributed by atoms with van der Waals surface area (Å²) in [6, 6.07) is 15.7. The van der Waals surface area contributed by atoms with Crippen molar-refractivity contribution in [1.82, 2.24) is 20.8 Å². The number of nitrogens with zero attached hydrogens (tertiary/aromatic N) is 3. The second kappa shape index (κ2) is 6.40. The molecule has 3 aromatic rings. The summed E-state index contributed by atoms with van der Waals surface area (Å²) in [6.45, 7) is 2.04. The highest BCUT2D eigenvalue weighted by Crippen LogP contribution is 2.18. The fourth-order valence-electron chi connectivity index (χ4n) is 1.90. The van der Waals surface area contributed by atoms with Crippen molar-refractivity contribution in [1.29, 1.82) is 0 Å². The fourth-order valence-corrected chi connectivity index (χ4v) is 2.04. The molecule has 0 saturated heterocycles. The minimum atomic E-state index is 0.554. The van der Waals surface area contributed by atoms with Crippen LogP contribution in [-0.4, -0.2) is 15.4 Å². The number of aromatic amines is 1. The van der Waals surface area contributed by atoms with Crippen molar-refractivity contribution in [2.24, 2.45) is 0 Å². The lowest BCUT2D eigenvalue weighted by molar-refractivity contribution is 0.213. The average Bonchev–Trinajstić information content (AvgIpc) is 3.17. The lowest BCUT2D eigenvalue weighted by atomic mass is 10.2. The molecule has 0 unspecified atom stereocenters. The van der Waals surface area contributed by atoms with Crippen LogP contribution >= 0.6 is 12.6 Å². The maximum atomic E-state index is 5.19. The van der Waals surface area contributed by atoms with Crippen LogP contribution in [-0.2, 0) is 4.84 Å². The number of nitrogens with one attached hydrogen (secondary N) is 2. The number of aromatic nitrogens is 3. The van der Waals surface area contributed by atoms with E-state index in [2.05, 4.69) is 33.5 Å². The second-order valence-electron chi connectivity index (χ2n) is 4.65. The van der Waals surface area contributed by atoms with Crippen LogP contribution in [0.25, 0.3) is 11.0 Å². The lowest BCUT2D eigenvalue weighted by Crippen LogP contribution is -2.27. The molecule has 1 aromatic heterocycles. The highest BCUT2D eigenvalue weighted by Gasteiger charge is 2.12. The summed E-state index contributed by atoms with van der Waals surface area (Å²) in [5.74, 6) is 0. The Balaban J connectivity index is 0.000000133. The first-order valence-electron chi connectivity index (χ1n) is 6.68. The fraction of sp³-hybridized carbons (Fsp3) is 0.0667. The van der Waals surface area contributed by atoms with E-state index in [9.17, 15) is 0 Å². The predicted octanol–water partition coefficient (Wildman–Crippen LogP) is 2.94. The van der Waals surface area contributed by atoms with Gasteiger partial charge in [0.25, 0.3) is 0 Å². The third kappa shape index (κ3) is 3.32. The Morgan fingerprint density at radius 1 is 1.05 bits per heavy atom. The summed E-state index contributed by atoms with van der Waals surface area (Å²) in [7, 11) is 0.